The largest absolute Gasteiger partial charge is 0.349 e. The van der Waals surface area contributed by atoms with Crippen LogP contribution in [0, 0.1) is 5.92 Å². The van der Waals surface area contributed by atoms with Crippen molar-refractivity contribution < 1.29 is 9.59 Å². The lowest BCUT2D eigenvalue weighted by Gasteiger charge is -2.31. The van der Waals surface area contributed by atoms with Gasteiger partial charge in [-0.2, -0.15) is 0 Å². The fourth-order valence-corrected chi connectivity index (χ4v) is 3.05. The van der Waals surface area contributed by atoms with E-state index in [0.717, 1.165) is 43.6 Å². The summed E-state index contributed by atoms with van der Waals surface area (Å²) in [4.78, 5) is 28.0. The molecule has 0 saturated carbocycles. The Hall–Kier alpha value is -1.88. The van der Waals surface area contributed by atoms with Gasteiger partial charge in [-0.25, -0.2) is 0 Å². The number of hydrogen-bond donors (Lipinski definition) is 1. The summed E-state index contributed by atoms with van der Waals surface area (Å²) in [6.07, 6.45) is 2.56. The molecular weight excluding hydrogens is 290 g/mol. The number of carbonyl (C=O) groups is 2. The summed E-state index contributed by atoms with van der Waals surface area (Å²) in [5.74, 6) is 0.319. The van der Waals surface area contributed by atoms with Crippen molar-refractivity contribution in [2.45, 2.75) is 26.2 Å². The van der Waals surface area contributed by atoms with Crippen LogP contribution in [0.3, 0.4) is 0 Å². The van der Waals surface area contributed by atoms with Gasteiger partial charge in [0.1, 0.15) is 0 Å². The summed E-state index contributed by atoms with van der Waals surface area (Å²) < 4.78 is 0. The number of nitrogens with zero attached hydrogens (tertiary/aromatic N) is 2. The third kappa shape index (κ3) is 4.79. The van der Waals surface area contributed by atoms with Crippen LogP contribution in [0.2, 0.25) is 0 Å². The van der Waals surface area contributed by atoms with Crippen LogP contribution in [0.4, 0.5) is 5.69 Å². The van der Waals surface area contributed by atoms with E-state index in [1.54, 1.807) is 19.0 Å². The van der Waals surface area contributed by atoms with E-state index in [9.17, 15) is 9.59 Å². The molecule has 0 unspecified atom stereocenters. The van der Waals surface area contributed by atoms with Crippen LogP contribution in [0.25, 0.3) is 0 Å². The number of rotatable bonds is 5. The van der Waals surface area contributed by atoms with Crippen LogP contribution in [0.1, 0.15) is 25.3 Å². The van der Waals surface area contributed by atoms with E-state index >= 15 is 0 Å². The molecule has 1 fully saturated rings. The summed E-state index contributed by atoms with van der Waals surface area (Å²) in [7, 11) is 3.60. The van der Waals surface area contributed by atoms with Gasteiger partial charge in [-0.05, 0) is 44.0 Å². The molecule has 0 radical (unpaired) electrons. The number of nitrogens with one attached hydrogen (secondary N) is 1. The summed E-state index contributed by atoms with van der Waals surface area (Å²) in [5, 5.41) is 3.01. The number of benzene rings is 1. The number of aryl methyl sites for hydroxylation is 1. The van der Waals surface area contributed by atoms with Gasteiger partial charge >= 0.3 is 0 Å². The van der Waals surface area contributed by atoms with Crippen molar-refractivity contribution in [2.24, 2.45) is 5.92 Å². The Morgan fingerprint density at radius 1 is 1.22 bits per heavy atom. The average molecular weight is 317 g/mol. The zero-order valence-corrected chi connectivity index (χ0v) is 14.3. The van der Waals surface area contributed by atoms with E-state index in [0.29, 0.717) is 6.54 Å². The predicted molar refractivity (Wildman–Crippen MR) is 92.3 cm³/mol. The molecule has 2 rings (SSSR count). The number of likely N-dealkylation sites (tertiary alicyclic amines) is 1. The molecule has 0 aliphatic carbocycles. The number of amides is 2. The van der Waals surface area contributed by atoms with E-state index in [4.69, 9.17) is 0 Å². The van der Waals surface area contributed by atoms with Gasteiger partial charge in [0, 0.05) is 25.7 Å². The first kappa shape index (κ1) is 17.5. The summed E-state index contributed by atoms with van der Waals surface area (Å²) in [5.41, 5.74) is 2.05. The van der Waals surface area contributed by atoms with Crippen LogP contribution in [0.5, 0.6) is 0 Å². The molecule has 0 aromatic heterocycles. The Bertz CT molecular complexity index is 549. The molecule has 1 saturated heterocycles. The second-order valence-electron chi connectivity index (χ2n) is 6.34. The molecule has 126 valence electrons. The number of hydrogen-bond acceptors (Lipinski definition) is 3. The maximum absolute atomic E-state index is 12.2. The third-order valence-corrected chi connectivity index (χ3v) is 4.42. The van der Waals surface area contributed by atoms with Crippen LogP contribution in [0.15, 0.2) is 24.3 Å². The zero-order chi connectivity index (χ0) is 16.8. The van der Waals surface area contributed by atoms with Crippen molar-refractivity contribution in [3.05, 3.63) is 29.8 Å². The van der Waals surface area contributed by atoms with Crippen LogP contribution in [-0.4, -0.2) is 55.3 Å². The summed E-state index contributed by atoms with van der Waals surface area (Å²) in [6, 6.07) is 7.90. The number of anilines is 1. The molecule has 5 heteroatoms. The SMILES string of the molecule is CCc1ccccc1NC(=O)CN1CCC(C(=O)N(C)C)CC1. The molecule has 23 heavy (non-hydrogen) atoms. The summed E-state index contributed by atoms with van der Waals surface area (Å²) >= 11 is 0. The van der Waals surface area contributed by atoms with E-state index in [1.807, 2.05) is 24.3 Å². The quantitative estimate of drug-likeness (QED) is 0.903. The van der Waals surface area contributed by atoms with Crippen molar-refractivity contribution >= 4 is 17.5 Å². The lowest BCUT2D eigenvalue weighted by molar-refractivity contribution is -0.134. The second kappa shape index (κ2) is 8.11. The second-order valence-corrected chi connectivity index (χ2v) is 6.34. The van der Waals surface area contributed by atoms with Crippen molar-refractivity contribution in [3.63, 3.8) is 0 Å². The number of piperidine rings is 1. The van der Waals surface area contributed by atoms with Crippen molar-refractivity contribution in [1.29, 1.82) is 0 Å². The van der Waals surface area contributed by atoms with Crippen LogP contribution >= 0.6 is 0 Å². The minimum atomic E-state index is 0.0169. The number of para-hydroxylation sites is 1. The van der Waals surface area contributed by atoms with Crippen molar-refractivity contribution in [1.82, 2.24) is 9.80 Å². The van der Waals surface area contributed by atoms with E-state index in [-0.39, 0.29) is 17.7 Å². The molecular formula is C18H27N3O2. The predicted octanol–water partition coefficient (Wildman–Crippen LogP) is 1.99. The number of carbonyl (C=O) groups excluding carboxylic acids is 2. The Labute approximate surface area is 138 Å². The average Bonchev–Trinajstić information content (AvgIpc) is 2.55. The Kier molecular flexibility index (Phi) is 6.16. The Morgan fingerprint density at radius 2 is 1.87 bits per heavy atom. The minimum absolute atomic E-state index is 0.0169. The Morgan fingerprint density at radius 3 is 2.48 bits per heavy atom. The first-order chi connectivity index (χ1) is 11.0. The van der Waals surface area contributed by atoms with Gasteiger partial charge < -0.3 is 10.2 Å². The first-order valence-electron chi connectivity index (χ1n) is 8.32. The summed E-state index contributed by atoms with van der Waals surface area (Å²) in [6.45, 7) is 4.07. The lowest BCUT2D eigenvalue weighted by Crippen LogP contribution is -2.43. The smallest absolute Gasteiger partial charge is 0.238 e. The van der Waals surface area contributed by atoms with Gasteiger partial charge in [0.05, 0.1) is 6.54 Å². The maximum Gasteiger partial charge on any atom is 0.238 e. The molecule has 1 aliphatic heterocycles. The highest BCUT2D eigenvalue weighted by Gasteiger charge is 2.26. The highest BCUT2D eigenvalue weighted by molar-refractivity contribution is 5.93. The van der Waals surface area contributed by atoms with Gasteiger partial charge in [-0.15, -0.1) is 0 Å². The maximum atomic E-state index is 12.2. The van der Waals surface area contributed by atoms with Crippen LogP contribution in [-0.2, 0) is 16.0 Å². The molecule has 1 aromatic rings. The molecule has 0 bridgehead atoms. The molecule has 1 aliphatic rings. The monoisotopic (exact) mass is 317 g/mol. The lowest BCUT2D eigenvalue weighted by atomic mass is 9.95. The van der Waals surface area contributed by atoms with Gasteiger partial charge in [0.25, 0.3) is 0 Å². The Balaban J connectivity index is 1.82. The minimum Gasteiger partial charge on any atom is -0.349 e. The molecule has 1 N–H and O–H groups in total. The molecule has 2 amide bonds. The van der Waals surface area contributed by atoms with Gasteiger partial charge in [-0.3, -0.25) is 14.5 Å². The zero-order valence-electron chi connectivity index (χ0n) is 14.3. The molecule has 5 nitrogen and oxygen atoms in total. The molecule has 0 spiro atoms. The van der Waals surface area contributed by atoms with E-state index in [1.165, 1.54) is 0 Å². The first-order valence-corrected chi connectivity index (χ1v) is 8.32. The highest BCUT2D eigenvalue weighted by Crippen LogP contribution is 2.19. The van der Waals surface area contributed by atoms with Gasteiger partial charge in [0.2, 0.25) is 11.8 Å². The van der Waals surface area contributed by atoms with Gasteiger partial charge in [-0.1, -0.05) is 25.1 Å². The van der Waals surface area contributed by atoms with Crippen LogP contribution < -0.4 is 5.32 Å². The standard InChI is InChI=1S/C18H27N3O2/c1-4-14-7-5-6-8-16(14)19-17(22)13-21-11-9-15(10-12-21)18(23)20(2)3/h5-8,15H,4,9-13H2,1-3H3,(H,19,22). The fourth-order valence-electron chi connectivity index (χ4n) is 3.05. The third-order valence-electron chi connectivity index (χ3n) is 4.42. The normalized spacial score (nSPS) is 16.1. The van der Waals surface area contributed by atoms with Crippen molar-refractivity contribution in [2.75, 3.05) is 39.0 Å². The molecule has 1 heterocycles. The van der Waals surface area contributed by atoms with E-state index < -0.39 is 0 Å². The molecule has 1 aromatic carbocycles. The van der Waals surface area contributed by atoms with Crippen molar-refractivity contribution in [3.8, 4) is 0 Å². The topological polar surface area (TPSA) is 52.7 Å². The fraction of sp³-hybridized carbons (Fsp3) is 0.556. The van der Waals surface area contributed by atoms with E-state index in [2.05, 4.69) is 17.1 Å². The van der Waals surface area contributed by atoms with Gasteiger partial charge in [0.15, 0.2) is 0 Å². The molecule has 0 atom stereocenters. The highest BCUT2D eigenvalue weighted by atomic mass is 16.2.